The van der Waals surface area contributed by atoms with E-state index in [0.29, 0.717) is 18.1 Å². The van der Waals surface area contributed by atoms with Crippen LogP contribution in [0.15, 0.2) is 12.3 Å². The average Bonchev–Trinajstić information content (AvgIpc) is 2.18. The lowest BCUT2D eigenvalue weighted by Gasteiger charge is -2.10. The Labute approximate surface area is 88.7 Å². The Morgan fingerprint density at radius 2 is 2.40 bits per heavy atom. The highest BCUT2D eigenvalue weighted by Crippen LogP contribution is 2.11. The Hall–Kier alpha value is -1.49. The molecule has 0 aliphatic carbocycles. The molecule has 0 radical (unpaired) electrons. The van der Waals surface area contributed by atoms with Gasteiger partial charge >= 0.3 is 5.97 Å². The lowest BCUT2D eigenvalue weighted by Crippen LogP contribution is -2.18. The highest BCUT2D eigenvalue weighted by atomic mass is 16.5. The molecule has 0 bridgehead atoms. The van der Waals surface area contributed by atoms with E-state index in [1.165, 1.54) is 0 Å². The van der Waals surface area contributed by atoms with Gasteiger partial charge in [-0.25, -0.2) is 9.97 Å². The maximum absolute atomic E-state index is 11.2. The number of hydrogen-bond donors (Lipinski definition) is 1. The fraction of sp³-hybridized carbons (Fsp3) is 0.500. The number of nitrogens with two attached hydrogens (primary N) is 1. The first kappa shape index (κ1) is 11.6. The predicted octanol–water partition coefficient (Wildman–Crippen LogP) is 0.738. The monoisotopic (exact) mass is 209 g/mol. The summed E-state index contributed by atoms with van der Waals surface area (Å²) in [6.07, 6.45) is 1.77. The molecule has 5 heteroatoms. The van der Waals surface area contributed by atoms with E-state index in [-0.39, 0.29) is 12.4 Å². The fourth-order valence-electron chi connectivity index (χ4n) is 1.19. The molecule has 15 heavy (non-hydrogen) atoms. The first-order valence-electron chi connectivity index (χ1n) is 4.84. The summed E-state index contributed by atoms with van der Waals surface area (Å²) >= 11 is 0. The number of aryl methyl sites for hydroxylation is 1. The molecule has 0 amide bonds. The van der Waals surface area contributed by atoms with E-state index in [2.05, 4.69) is 9.97 Å². The van der Waals surface area contributed by atoms with Crippen molar-refractivity contribution in [3.63, 3.8) is 0 Å². The molecule has 0 fully saturated rings. The topological polar surface area (TPSA) is 78.1 Å². The van der Waals surface area contributed by atoms with Gasteiger partial charge in [-0.2, -0.15) is 0 Å². The van der Waals surface area contributed by atoms with Crippen LogP contribution in [-0.4, -0.2) is 22.5 Å². The second-order valence-corrected chi connectivity index (χ2v) is 3.14. The lowest BCUT2D eigenvalue weighted by atomic mass is 10.1. The number of esters is 1. The highest BCUT2D eigenvalue weighted by molar-refractivity contribution is 5.70. The van der Waals surface area contributed by atoms with Crippen LogP contribution in [0.5, 0.6) is 0 Å². The normalized spacial score (nSPS) is 12.2. The SMILES string of the molecule is CCOC(=O)C[C@@H](N)c1ccnc(C)n1. The van der Waals surface area contributed by atoms with Gasteiger partial charge in [-0.05, 0) is 19.9 Å². The van der Waals surface area contributed by atoms with Gasteiger partial charge in [-0.3, -0.25) is 4.79 Å². The molecule has 0 aromatic carbocycles. The summed E-state index contributed by atoms with van der Waals surface area (Å²) in [5.74, 6) is 0.341. The summed E-state index contributed by atoms with van der Waals surface area (Å²) in [6.45, 7) is 3.91. The number of aromatic nitrogens is 2. The van der Waals surface area contributed by atoms with E-state index in [4.69, 9.17) is 10.5 Å². The number of hydrogen-bond acceptors (Lipinski definition) is 5. The van der Waals surface area contributed by atoms with Crippen LogP contribution < -0.4 is 5.73 Å². The molecule has 0 saturated carbocycles. The summed E-state index contributed by atoms with van der Waals surface area (Å²) in [7, 11) is 0. The van der Waals surface area contributed by atoms with E-state index in [1.807, 2.05) is 0 Å². The van der Waals surface area contributed by atoms with Crippen molar-refractivity contribution in [2.75, 3.05) is 6.61 Å². The Morgan fingerprint density at radius 3 is 3.00 bits per heavy atom. The second kappa shape index (κ2) is 5.41. The molecule has 0 aliphatic rings. The maximum Gasteiger partial charge on any atom is 0.307 e. The fourth-order valence-corrected chi connectivity index (χ4v) is 1.19. The Morgan fingerprint density at radius 1 is 1.67 bits per heavy atom. The van der Waals surface area contributed by atoms with Crippen LogP contribution in [0.25, 0.3) is 0 Å². The summed E-state index contributed by atoms with van der Waals surface area (Å²) < 4.78 is 4.80. The summed E-state index contributed by atoms with van der Waals surface area (Å²) in [5.41, 5.74) is 6.47. The molecule has 1 aromatic heterocycles. The molecular weight excluding hydrogens is 194 g/mol. The van der Waals surface area contributed by atoms with Crippen molar-refractivity contribution in [2.45, 2.75) is 26.3 Å². The van der Waals surface area contributed by atoms with Crippen molar-refractivity contribution in [1.82, 2.24) is 9.97 Å². The number of rotatable bonds is 4. The van der Waals surface area contributed by atoms with Gasteiger partial charge in [0, 0.05) is 6.20 Å². The predicted molar refractivity (Wildman–Crippen MR) is 54.9 cm³/mol. The van der Waals surface area contributed by atoms with Gasteiger partial charge in [0.25, 0.3) is 0 Å². The Kier molecular flexibility index (Phi) is 4.17. The third kappa shape index (κ3) is 3.63. The molecule has 0 unspecified atom stereocenters. The molecule has 1 aromatic rings. The Balaban J connectivity index is 2.60. The smallest absolute Gasteiger partial charge is 0.307 e. The first-order chi connectivity index (χ1) is 7.13. The zero-order chi connectivity index (χ0) is 11.3. The van der Waals surface area contributed by atoms with Gasteiger partial charge in [0.05, 0.1) is 24.8 Å². The quantitative estimate of drug-likeness (QED) is 0.740. The summed E-state index contributed by atoms with van der Waals surface area (Å²) in [4.78, 5) is 19.3. The van der Waals surface area contributed by atoms with Crippen molar-refractivity contribution in [3.05, 3.63) is 23.8 Å². The van der Waals surface area contributed by atoms with Crippen molar-refractivity contribution in [2.24, 2.45) is 5.73 Å². The van der Waals surface area contributed by atoms with E-state index < -0.39 is 6.04 Å². The molecular formula is C10H15N3O2. The molecule has 0 spiro atoms. The molecule has 1 heterocycles. The van der Waals surface area contributed by atoms with Crippen LogP contribution >= 0.6 is 0 Å². The van der Waals surface area contributed by atoms with Gasteiger partial charge in [-0.15, -0.1) is 0 Å². The minimum Gasteiger partial charge on any atom is -0.466 e. The molecule has 0 saturated heterocycles. The minimum atomic E-state index is -0.425. The van der Waals surface area contributed by atoms with E-state index in [9.17, 15) is 4.79 Å². The lowest BCUT2D eigenvalue weighted by molar-refractivity contribution is -0.143. The van der Waals surface area contributed by atoms with Crippen LogP contribution in [0.3, 0.4) is 0 Å². The largest absolute Gasteiger partial charge is 0.466 e. The first-order valence-corrected chi connectivity index (χ1v) is 4.84. The van der Waals surface area contributed by atoms with Gasteiger partial charge < -0.3 is 10.5 Å². The van der Waals surface area contributed by atoms with E-state index >= 15 is 0 Å². The van der Waals surface area contributed by atoms with Crippen molar-refractivity contribution in [3.8, 4) is 0 Å². The average molecular weight is 209 g/mol. The standard InChI is InChI=1S/C10H15N3O2/c1-3-15-10(14)6-8(11)9-4-5-12-7(2)13-9/h4-5,8H,3,6,11H2,1-2H3/t8-/m1/s1. The maximum atomic E-state index is 11.2. The van der Waals surface area contributed by atoms with Crippen LogP contribution in [-0.2, 0) is 9.53 Å². The molecule has 0 aliphatic heterocycles. The number of nitrogens with zero attached hydrogens (tertiary/aromatic N) is 2. The van der Waals surface area contributed by atoms with Crippen LogP contribution in [0.2, 0.25) is 0 Å². The summed E-state index contributed by atoms with van der Waals surface area (Å²) in [6, 6.07) is 1.28. The highest BCUT2D eigenvalue weighted by Gasteiger charge is 2.13. The van der Waals surface area contributed by atoms with Gasteiger partial charge in [0.2, 0.25) is 0 Å². The van der Waals surface area contributed by atoms with E-state index in [1.54, 1.807) is 26.1 Å². The minimum absolute atomic E-state index is 0.143. The number of carbonyl (C=O) groups is 1. The van der Waals surface area contributed by atoms with Crippen LogP contribution in [0, 0.1) is 6.92 Å². The zero-order valence-electron chi connectivity index (χ0n) is 8.93. The molecule has 1 rings (SSSR count). The van der Waals surface area contributed by atoms with Crippen molar-refractivity contribution < 1.29 is 9.53 Å². The van der Waals surface area contributed by atoms with Crippen molar-refractivity contribution >= 4 is 5.97 Å². The van der Waals surface area contributed by atoms with Gasteiger partial charge in [-0.1, -0.05) is 0 Å². The van der Waals surface area contributed by atoms with E-state index in [0.717, 1.165) is 0 Å². The molecule has 82 valence electrons. The van der Waals surface area contributed by atoms with Crippen LogP contribution in [0.1, 0.15) is 30.9 Å². The molecule has 5 nitrogen and oxygen atoms in total. The van der Waals surface area contributed by atoms with Crippen molar-refractivity contribution in [1.29, 1.82) is 0 Å². The second-order valence-electron chi connectivity index (χ2n) is 3.14. The van der Waals surface area contributed by atoms with Gasteiger partial charge in [0.1, 0.15) is 5.82 Å². The third-order valence-electron chi connectivity index (χ3n) is 1.87. The Bertz CT molecular complexity index is 341. The molecule has 1 atom stereocenters. The summed E-state index contributed by atoms with van der Waals surface area (Å²) in [5, 5.41) is 0. The number of carbonyl (C=O) groups excluding carboxylic acids is 1. The molecule has 2 N–H and O–H groups in total. The third-order valence-corrected chi connectivity index (χ3v) is 1.87. The van der Waals surface area contributed by atoms with Crippen LogP contribution in [0.4, 0.5) is 0 Å². The zero-order valence-corrected chi connectivity index (χ0v) is 8.93. The van der Waals surface area contributed by atoms with Gasteiger partial charge in [0.15, 0.2) is 0 Å². The number of ether oxygens (including phenoxy) is 1.